The molecule has 0 fully saturated rings. The van der Waals surface area contributed by atoms with Crippen molar-refractivity contribution in [1.29, 1.82) is 0 Å². The Labute approximate surface area is 116 Å². The lowest BCUT2D eigenvalue weighted by molar-refractivity contribution is 0.296. The van der Waals surface area contributed by atoms with Gasteiger partial charge in [0.15, 0.2) is 0 Å². The molecule has 0 atom stereocenters. The molecule has 0 amide bonds. The lowest BCUT2D eigenvalue weighted by Crippen LogP contribution is -2.02. The van der Waals surface area contributed by atoms with Crippen LogP contribution < -0.4 is 10.5 Å². The highest BCUT2D eigenvalue weighted by Gasteiger charge is 2.08. The van der Waals surface area contributed by atoms with Gasteiger partial charge in [0.2, 0.25) is 0 Å². The molecule has 0 aliphatic heterocycles. The number of ether oxygens (including phenoxy) is 1. The maximum absolute atomic E-state index is 13.1. The monoisotopic (exact) mass is 270 g/mol. The molecule has 3 rings (SSSR count). The van der Waals surface area contributed by atoms with E-state index >= 15 is 0 Å². The number of benzene rings is 2. The van der Waals surface area contributed by atoms with E-state index in [1.165, 1.54) is 12.1 Å². The Bertz CT molecular complexity index is 764. The topological polar surface area (TPSA) is 40.2 Å². The highest BCUT2D eigenvalue weighted by atomic mass is 19.1. The minimum absolute atomic E-state index is 0.302. The van der Waals surface area contributed by atoms with Crippen LogP contribution in [0.25, 0.3) is 10.9 Å². The Balaban J connectivity index is 1.88. The normalized spacial score (nSPS) is 10.9. The fourth-order valence-corrected chi connectivity index (χ4v) is 2.36. The zero-order chi connectivity index (χ0) is 14.1. The summed E-state index contributed by atoms with van der Waals surface area (Å²) in [6.07, 6.45) is 0. The Morgan fingerprint density at radius 3 is 2.70 bits per heavy atom. The first-order valence-electron chi connectivity index (χ1n) is 6.36. The first kappa shape index (κ1) is 12.5. The molecule has 0 aliphatic carbocycles. The van der Waals surface area contributed by atoms with Gasteiger partial charge in [-0.2, -0.15) is 0 Å². The van der Waals surface area contributed by atoms with Crippen LogP contribution in [-0.4, -0.2) is 4.57 Å². The molecule has 0 spiro atoms. The van der Waals surface area contributed by atoms with Crippen molar-refractivity contribution in [3.8, 4) is 5.75 Å². The molecular weight excluding hydrogens is 255 g/mol. The van der Waals surface area contributed by atoms with Crippen LogP contribution in [0.3, 0.4) is 0 Å². The molecule has 2 N–H and O–H groups in total. The summed E-state index contributed by atoms with van der Waals surface area (Å²) in [5.74, 6) is 0.215. The highest BCUT2D eigenvalue weighted by molar-refractivity contribution is 5.91. The van der Waals surface area contributed by atoms with Crippen LogP contribution in [0.1, 0.15) is 5.69 Å². The summed E-state index contributed by atoms with van der Waals surface area (Å²) in [5, 5.41) is 1.07. The van der Waals surface area contributed by atoms with Gasteiger partial charge in [-0.15, -0.1) is 0 Å². The maximum Gasteiger partial charge on any atom is 0.128 e. The van der Waals surface area contributed by atoms with Crippen molar-refractivity contribution in [1.82, 2.24) is 4.57 Å². The van der Waals surface area contributed by atoms with Gasteiger partial charge in [-0.05, 0) is 24.3 Å². The highest BCUT2D eigenvalue weighted by Crippen LogP contribution is 2.25. The summed E-state index contributed by atoms with van der Waals surface area (Å²) < 4.78 is 20.7. The van der Waals surface area contributed by atoms with Gasteiger partial charge in [-0.25, -0.2) is 4.39 Å². The molecule has 0 unspecified atom stereocenters. The van der Waals surface area contributed by atoms with E-state index < -0.39 is 0 Å². The zero-order valence-corrected chi connectivity index (χ0v) is 11.1. The van der Waals surface area contributed by atoms with E-state index in [9.17, 15) is 4.39 Å². The van der Waals surface area contributed by atoms with E-state index in [1.54, 1.807) is 12.1 Å². The fourth-order valence-electron chi connectivity index (χ4n) is 2.36. The smallest absolute Gasteiger partial charge is 0.128 e. The molecule has 2 aromatic carbocycles. The average Bonchev–Trinajstić information content (AvgIpc) is 2.75. The SMILES string of the molecule is Cn1c(COc2cccc(F)c2)cc2cccc(N)c21. The van der Waals surface area contributed by atoms with Crippen molar-refractivity contribution < 1.29 is 9.13 Å². The standard InChI is InChI=1S/C16H15FN2O/c1-19-13(8-11-4-2-7-15(18)16(11)19)10-20-14-6-3-5-12(17)9-14/h2-9H,10,18H2,1H3. The fraction of sp³-hybridized carbons (Fsp3) is 0.125. The van der Waals surface area contributed by atoms with Crippen LogP contribution in [0.5, 0.6) is 5.75 Å². The van der Waals surface area contributed by atoms with Crippen LogP contribution in [0.2, 0.25) is 0 Å². The third-order valence-corrected chi connectivity index (χ3v) is 3.37. The van der Waals surface area contributed by atoms with Crippen LogP contribution in [0.15, 0.2) is 48.5 Å². The summed E-state index contributed by atoms with van der Waals surface area (Å²) in [4.78, 5) is 0. The van der Waals surface area contributed by atoms with Gasteiger partial charge in [-0.3, -0.25) is 0 Å². The third kappa shape index (κ3) is 2.20. The Hall–Kier alpha value is -2.49. The van der Waals surface area contributed by atoms with Crippen molar-refractivity contribution in [2.75, 3.05) is 5.73 Å². The molecule has 0 bridgehead atoms. The van der Waals surface area contributed by atoms with Crippen LogP contribution in [0, 0.1) is 5.82 Å². The predicted molar refractivity (Wildman–Crippen MR) is 78.1 cm³/mol. The van der Waals surface area contributed by atoms with Gasteiger partial charge in [0.25, 0.3) is 0 Å². The molecule has 0 saturated carbocycles. The Morgan fingerprint density at radius 1 is 1.15 bits per heavy atom. The molecule has 20 heavy (non-hydrogen) atoms. The number of rotatable bonds is 3. The minimum Gasteiger partial charge on any atom is -0.487 e. The first-order valence-corrected chi connectivity index (χ1v) is 6.36. The largest absolute Gasteiger partial charge is 0.487 e. The summed E-state index contributed by atoms with van der Waals surface area (Å²) in [7, 11) is 1.95. The number of nitrogens with two attached hydrogens (primary N) is 1. The number of halogens is 1. The summed E-state index contributed by atoms with van der Waals surface area (Å²) in [6.45, 7) is 0.369. The lowest BCUT2D eigenvalue weighted by atomic mass is 10.2. The number of hydrogen-bond acceptors (Lipinski definition) is 2. The first-order chi connectivity index (χ1) is 9.65. The van der Waals surface area contributed by atoms with Crippen LogP contribution in [0.4, 0.5) is 10.1 Å². The van der Waals surface area contributed by atoms with Gasteiger partial charge in [-0.1, -0.05) is 18.2 Å². The second-order valence-corrected chi connectivity index (χ2v) is 4.73. The van der Waals surface area contributed by atoms with Gasteiger partial charge in [0, 0.05) is 18.5 Å². The quantitative estimate of drug-likeness (QED) is 0.740. The van der Waals surface area contributed by atoms with Crippen LogP contribution in [-0.2, 0) is 13.7 Å². The van der Waals surface area contributed by atoms with Crippen molar-refractivity contribution in [3.05, 3.63) is 60.0 Å². The average molecular weight is 270 g/mol. The van der Waals surface area contributed by atoms with Gasteiger partial charge >= 0.3 is 0 Å². The molecule has 0 saturated heterocycles. The molecule has 0 radical (unpaired) electrons. The predicted octanol–water partition coefficient (Wildman–Crippen LogP) is 3.48. The molecule has 102 valence electrons. The Morgan fingerprint density at radius 2 is 1.95 bits per heavy atom. The van der Waals surface area contributed by atoms with Crippen molar-refractivity contribution >= 4 is 16.6 Å². The number of anilines is 1. The number of hydrogen-bond donors (Lipinski definition) is 1. The van der Waals surface area contributed by atoms with E-state index in [2.05, 4.69) is 0 Å². The summed E-state index contributed by atoms with van der Waals surface area (Å²) >= 11 is 0. The summed E-state index contributed by atoms with van der Waals surface area (Å²) in [5.41, 5.74) is 8.70. The van der Waals surface area contributed by atoms with Gasteiger partial charge in [0.05, 0.1) is 16.9 Å². The number of para-hydroxylation sites is 1. The van der Waals surface area contributed by atoms with E-state index in [0.29, 0.717) is 12.4 Å². The third-order valence-electron chi connectivity index (χ3n) is 3.37. The molecule has 4 heteroatoms. The molecular formula is C16H15FN2O. The second kappa shape index (κ2) is 4.89. The number of aryl methyl sites for hydroxylation is 1. The van der Waals surface area contributed by atoms with Crippen molar-refractivity contribution in [2.45, 2.75) is 6.61 Å². The van der Waals surface area contributed by atoms with E-state index in [4.69, 9.17) is 10.5 Å². The second-order valence-electron chi connectivity index (χ2n) is 4.73. The van der Waals surface area contributed by atoms with Gasteiger partial charge in [0.1, 0.15) is 18.2 Å². The number of nitrogens with zero attached hydrogens (tertiary/aromatic N) is 1. The molecule has 1 aromatic heterocycles. The van der Waals surface area contributed by atoms with E-state index in [-0.39, 0.29) is 5.82 Å². The summed E-state index contributed by atoms with van der Waals surface area (Å²) in [6, 6.07) is 14.0. The molecule has 1 heterocycles. The van der Waals surface area contributed by atoms with Crippen molar-refractivity contribution in [2.24, 2.45) is 7.05 Å². The minimum atomic E-state index is -0.302. The zero-order valence-electron chi connectivity index (χ0n) is 11.1. The van der Waals surface area contributed by atoms with E-state index in [0.717, 1.165) is 22.3 Å². The lowest BCUT2D eigenvalue weighted by Gasteiger charge is -2.08. The van der Waals surface area contributed by atoms with E-state index in [1.807, 2.05) is 35.9 Å². The maximum atomic E-state index is 13.1. The number of nitrogen functional groups attached to an aromatic ring is 1. The molecule has 3 aromatic rings. The number of fused-ring (bicyclic) bond motifs is 1. The van der Waals surface area contributed by atoms with Crippen molar-refractivity contribution in [3.63, 3.8) is 0 Å². The molecule has 0 aliphatic rings. The Kier molecular flexibility index (Phi) is 3.06. The molecule has 3 nitrogen and oxygen atoms in total. The number of aromatic nitrogens is 1. The van der Waals surface area contributed by atoms with Crippen LogP contribution >= 0.6 is 0 Å². The van der Waals surface area contributed by atoms with Gasteiger partial charge < -0.3 is 15.0 Å².